The Morgan fingerprint density at radius 3 is 2.81 bits per heavy atom. The van der Waals surface area contributed by atoms with Crippen molar-refractivity contribution in [3.63, 3.8) is 0 Å². The van der Waals surface area contributed by atoms with Crippen molar-refractivity contribution in [3.8, 4) is 0 Å². The van der Waals surface area contributed by atoms with Gasteiger partial charge >= 0.3 is 0 Å². The first-order valence-corrected chi connectivity index (χ1v) is 5.48. The fourth-order valence-electron chi connectivity index (χ4n) is 1.83. The third-order valence-electron chi connectivity index (χ3n) is 2.72. The summed E-state index contributed by atoms with van der Waals surface area (Å²) < 4.78 is 1.97. The fraction of sp³-hybridized carbons (Fsp3) is 0.417. The molecule has 0 aliphatic heterocycles. The van der Waals surface area contributed by atoms with E-state index in [9.17, 15) is 5.11 Å². The molecule has 2 rings (SSSR count). The summed E-state index contributed by atoms with van der Waals surface area (Å²) in [7, 11) is 0. The predicted molar refractivity (Wildman–Crippen MR) is 64.1 cm³/mol. The van der Waals surface area contributed by atoms with Crippen LogP contribution in [0.25, 0.3) is 10.9 Å². The second kappa shape index (κ2) is 4.23. The number of fused-ring (bicyclic) bond motifs is 1. The molecule has 2 aromatic rings. The molecular formula is C12H17N3O. The van der Waals surface area contributed by atoms with Gasteiger partial charge in [0.15, 0.2) is 0 Å². The van der Waals surface area contributed by atoms with Gasteiger partial charge in [0.05, 0.1) is 17.8 Å². The maximum Gasteiger partial charge on any atom is 0.0912 e. The topological polar surface area (TPSA) is 64.1 Å². The molecule has 0 fully saturated rings. The van der Waals surface area contributed by atoms with E-state index in [0.29, 0.717) is 6.04 Å². The molecule has 0 saturated heterocycles. The van der Waals surface area contributed by atoms with Crippen LogP contribution in [0.5, 0.6) is 0 Å². The molecule has 1 unspecified atom stereocenters. The number of hydrogen-bond donors (Lipinski definition) is 2. The van der Waals surface area contributed by atoms with Crippen molar-refractivity contribution >= 4 is 10.9 Å². The molecule has 0 aliphatic carbocycles. The van der Waals surface area contributed by atoms with E-state index in [0.717, 1.165) is 16.5 Å². The lowest BCUT2D eigenvalue weighted by Gasteiger charge is -2.10. The average molecular weight is 219 g/mol. The Morgan fingerprint density at radius 2 is 2.19 bits per heavy atom. The van der Waals surface area contributed by atoms with Crippen molar-refractivity contribution < 1.29 is 5.11 Å². The average Bonchev–Trinajstić information content (AvgIpc) is 2.70. The quantitative estimate of drug-likeness (QED) is 0.824. The lowest BCUT2D eigenvalue weighted by Crippen LogP contribution is -2.11. The van der Waals surface area contributed by atoms with Crippen LogP contribution in [0.3, 0.4) is 0 Å². The Bertz CT molecular complexity index is 490. The largest absolute Gasteiger partial charge is 0.387 e. The van der Waals surface area contributed by atoms with Crippen LogP contribution in [0.2, 0.25) is 0 Å². The van der Waals surface area contributed by atoms with Crippen molar-refractivity contribution in [2.75, 3.05) is 6.54 Å². The molecule has 0 spiro atoms. The normalized spacial score (nSPS) is 13.6. The second-order valence-corrected chi connectivity index (χ2v) is 4.25. The fourth-order valence-corrected chi connectivity index (χ4v) is 1.83. The molecule has 1 atom stereocenters. The molecule has 0 saturated carbocycles. The summed E-state index contributed by atoms with van der Waals surface area (Å²) in [5.41, 5.74) is 7.36. The van der Waals surface area contributed by atoms with Crippen molar-refractivity contribution in [2.24, 2.45) is 5.73 Å². The first-order valence-electron chi connectivity index (χ1n) is 5.48. The van der Waals surface area contributed by atoms with Gasteiger partial charge < -0.3 is 10.8 Å². The van der Waals surface area contributed by atoms with Gasteiger partial charge in [-0.1, -0.05) is 6.07 Å². The van der Waals surface area contributed by atoms with Crippen LogP contribution >= 0.6 is 0 Å². The van der Waals surface area contributed by atoms with Gasteiger partial charge in [0, 0.05) is 18.0 Å². The van der Waals surface area contributed by atoms with Gasteiger partial charge in [-0.05, 0) is 31.5 Å². The van der Waals surface area contributed by atoms with E-state index in [2.05, 4.69) is 18.9 Å². The van der Waals surface area contributed by atoms with Crippen LogP contribution < -0.4 is 5.73 Å². The highest BCUT2D eigenvalue weighted by atomic mass is 16.3. The number of aromatic nitrogens is 2. The lowest BCUT2D eigenvalue weighted by molar-refractivity contribution is 0.187. The van der Waals surface area contributed by atoms with E-state index in [-0.39, 0.29) is 6.54 Å². The molecule has 1 aromatic carbocycles. The van der Waals surface area contributed by atoms with Crippen molar-refractivity contribution in [3.05, 3.63) is 30.0 Å². The van der Waals surface area contributed by atoms with E-state index in [1.54, 1.807) is 0 Å². The Labute approximate surface area is 94.7 Å². The first kappa shape index (κ1) is 11.1. The second-order valence-electron chi connectivity index (χ2n) is 4.25. The number of benzene rings is 1. The van der Waals surface area contributed by atoms with Crippen LogP contribution in [-0.2, 0) is 0 Å². The zero-order valence-electron chi connectivity index (χ0n) is 9.59. The predicted octanol–water partition coefficient (Wildman–Crippen LogP) is 1.61. The van der Waals surface area contributed by atoms with Crippen molar-refractivity contribution in [1.29, 1.82) is 0 Å². The van der Waals surface area contributed by atoms with E-state index in [1.165, 1.54) is 0 Å². The summed E-state index contributed by atoms with van der Waals surface area (Å²) in [6, 6.07) is 6.16. The summed E-state index contributed by atoms with van der Waals surface area (Å²) in [6.07, 6.45) is 1.23. The summed E-state index contributed by atoms with van der Waals surface area (Å²) in [6.45, 7) is 4.42. The standard InChI is InChI=1S/C12H17N3O/c1-8(2)15-11-4-3-9(12(16)6-13)5-10(11)7-14-15/h3-5,7-8,12,16H,6,13H2,1-2H3. The van der Waals surface area contributed by atoms with Gasteiger partial charge in [-0.15, -0.1) is 0 Å². The molecule has 0 aliphatic rings. The maximum atomic E-state index is 9.65. The Kier molecular flexibility index (Phi) is 2.94. The molecule has 0 radical (unpaired) electrons. The van der Waals surface area contributed by atoms with Crippen LogP contribution in [0.15, 0.2) is 24.4 Å². The smallest absolute Gasteiger partial charge is 0.0912 e. The Morgan fingerprint density at radius 1 is 1.44 bits per heavy atom. The zero-order valence-corrected chi connectivity index (χ0v) is 9.59. The van der Waals surface area contributed by atoms with Crippen LogP contribution in [0.1, 0.15) is 31.6 Å². The number of nitrogens with two attached hydrogens (primary N) is 1. The van der Waals surface area contributed by atoms with Gasteiger partial charge in [0.1, 0.15) is 0 Å². The highest BCUT2D eigenvalue weighted by Gasteiger charge is 2.09. The molecule has 0 bridgehead atoms. The van der Waals surface area contributed by atoms with Crippen LogP contribution in [0.4, 0.5) is 0 Å². The number of hydrogen-bond acceptors (Lipinski definition) is 3. The number of aliphatic hydroxyl groups excluding tert-OH is 1. The molecule has 4 nitrogen and oxygen atoms in total. The molecule has 86 valence electrons. The highest BCUT2D eigenvalue weighted by molar-refractivity contribution is 5.79. The van der Waals surface area contributed by atoms with Crippen LogP contribution in [0, 0.1) is 0 Å². The minimum atomic E-state index is -0.591. The summed E-state index contributed by atoms with van der Waals surface area (Å²) in [4.78, 5) is 0. The highest BCUT2D eigenvalue weighted by Crippen LogP contribution is 2.21. The minimum absolute atomic E-state index is 0.240. The van der Waals surface area contributed by atoms with E-state index >= 15 is 0 Å². The molecule has 16 heavy (non-hydrogen) atoms. The van der Waals surface area contributed by atoms with Gasteiger partial charge in [-0.25, -0.2) is 0 Å². The molecule has 1 heterocycles. The number of rotatable bonds is 3. The molecule has 1 aromatic heterocycles. The third-order valence-corrected chi connectivity index (χ3v) is 2.72. The monoisotopic (exact) mass is 219 g/mol. The third kappa shape index (κ3) is 1.81. The SMILES string of the molecule is CC(C)n1ncc2cc(C(O)CN)ccc21. The van der Waals surface area contributed by atoms with Crippen molar-refractivity contribution in [2.45, 2.75) is 26.0 Å². The van der Waals surface area contributed by atoms with Gasteiger partial charge in [0.2, 0.25) is 0 Å². The summed E-state index contributed by atoms with van der Waals surface area (Å²) in [5, 5.41) is 15.0. The molecule has 0 amide bonds. The molecular weight excluding hydrogens is 202 g/mol. The van der Waals surface area contributed by atoms with Gasteiger partial charge in [0.25, 0.3) is 0 Å². The van der Waals surface area contributed by atoms with Gasteiger partial charge in [-0.3, -0.25) is 4.68 Å². The molecule has 3 N–H and O–H groups in total. The van der Waals surface area contributed by atoms with E-state index < -0.39 is 6.10 Å². The Hall–Kier alpha value is -1.39. The summed E-state index contributed by atoms with van der Waals surface area (Å²) in [5.74, 6) is 0. The van der Waals surface area contributed by atoms with E-state index in [4.69, 9.17) is 5.73 Å². The molecule has 4 heteroatoms. The number of nitrogens with zero attached hydrogens (tertiary/aromatic N) is 2. The maximum absolute atomic E-state index is 9.65. The summed E-state index contributed by atoms with van der Waals surface area (Å²) >= 11 is 0. The van der Waals surface area contributed by atoms with E-state index in [1.807, 2.05) is 29.1 Å². The van der Waals surface area contributed by atoms with Crippen molar-refractivity contribution in [1.82, 2.24) is 9.78 Å². The minimum Gasteiger partial charge on any atom is -0.387 e. The lowest BCUT2D eigenvalue weighted by atomic mass is 10.1. The zero-order chi connectivity index (χ0) is 11.7. The number of aliphatic hydroxyl groups is 1. The van der Waals surface area contributed by atoms with Gasteiger partial charge in [-0.2, -0.15) is 5.10 Å². The first-order chi connectivity index (χ1) is 7.63. The Balaban J connectivity index is 2.49. The van der Waals surface area contributed by atoms with Crippen LogP contribution in [-0.4, -0.2) is 21.4 Å².